The van der Waals surface area contributed by atoms with Crippen molar-refractivity contribution in [1.82, 2.24) is 24.9 Å². The minimum Gasteiger partial charge on any atom is -0.341 e. The normalized spacial score (nSPS) is 14.8. The van der Waals surface area contributed by atoms with E-state index >= 15 is 0 Å². The van der Waals surface area contributed by atoms with Crippen molar-refractivity contribution in [2.45, 2.75) is 38.4 Å². The van der Waals surface area contributed by atoms with E-state index in [1.165, 1.54) is 16.3 Å². The van der Waals surface area contributed by atoms with Gasteiger partial charge in [0.15, 0.2) is 0 Å². The Bertz CT molecular complexity index is 1530. The summed E-state index contributed by atoms with van der Waals surface area (Å²) in [6.45, 7) is 1.41. The Morgan fingerprint density at radius 3 is 2.56 bits per heavy atom. The van der Waals surface area contributed by atoms with Gasteiger partial charge in [-0.15, -0.1) is 0 Å². The molecule has 0 spiro atoms. The highest BCUT2D eigenvalue weighted by atomic mass is 16.2. The zero-order valence-corrected chi connectivity index (χ0v) is 22.0. The summed E-state index contributed by atoms with van der Waals surface area (Å²) >= 11 is 0. The lowest BCUT2D eigenvalue weighted by Crippen LogP contribution is -2.32. The molecule has 1 aliphatic carbocycles. The lowest BCUT2D eigenvalue weighted by atomic mass is 9.90. The van der Waals surface area contributed by atoms with E-state index in [1.54, 1.807) is 7.05 Å². The van der Waals surface area contributed by atoms with Gasteiger partial charge in [-0.3, -0.25) is 25.1 Å². The second-order valence-corrected chi connectivity index (χ2v) is 10.1. The highest BCUT2D eigenvalue weighted by Crippen LogP contribution is 2.34. The quantitative estimate of drug-likeness (QED) is 0.242. The van der Waals surface area contributed by atoms with Crippen LogP contribution in [0, 0.1) is 0 Å². The number of imidazole rings is 1. The molecule has 0 radical (unpaired) electrons. The summed E-state index contributed by atoms with van der Waals surface area (Å²) in [6.07, 6.45) is 5.15. The molecule has 0 fully saturated rings. The monoisotopic (exact) mass is 516 g/mol. The molecule has 0 saturated heterocycles. The van der Waals surface area contributed by atoms with Gasteiger partial charge in [0.05, 0.1) is 35.0 Å². The third-order valence-corrected chi connectivity index (χ3v) is 7.36. The molecule has 2 N–H and O–H groups in total. The molecular formula is C32H32N6O. The maximum absolute atomic E-state index is 13.0. The average molecular weight is 517 g/mol. The smallest absolute Gasteiger partial charge is 0.271 e. The first-order valence-electron chi connectivity index (χ1n) is 13.4. The molecule has 1 unspecified atom stereocenters. The van der Waals surface area contributed by atoms with Crippen LogP contribution in [-0.4, -0.2) is 37.8 Å². The number of hydrazine groups is 1. The Morgan fingerprint density at radius 2 is 1.74 bits per heavy atom. The van der Waals surface area contributed by atoms with Crippen molar-refractivity contribution in [1.29, 1.82) is 0 Å². The highest BCUT2D eigenvalue weighted by Gasteiger charge is 2.28. The molecule has 196 valence electrons. The van der Waals surface area contributed by atoms with Gasteiger partial charge in [0.25, 0.3) is 5.91 Å². The van der Waals surface area contributed by atoms with E-state index in [-0.39, 0.29) is 11.9 Å². The lowest BCUT2D eigenvalue weighted by molar-refractivity contribution is 0.0826. The van der Waals surface area contributed by atoms with Crippen LogP contribution >= 0.6 is 0 Å². The number of carbonyl (C=O) groups excluding carboxylic acids is 1. The Labute approximate surface area is 228 Å². The zero-order valence-electron chi connectivity index (χ0n) is 22.0. The van der Waals surface area contributed by atoms with E-state index in [2.05, 4.69) is 39.6 Å². The minimum absolute atomic E-state index is 0.0880. The molecule has 0 aliphatic heterocycles. The Hall–Kier alpha value is -4.49. The number of benzene rings is 3. The summed E-state index contributed by atoms with van der Waals surface area (Å²) < 4.78 is 0. The number of anilines is 1. The van der Waals surface area contributed by atoms with Crippen LogP contribution in [0.25, 0.3) is 11.0 Å². The summed E-state index contributed by atoms with van der Waals surface area (Å²) in [6, 6.07) is 30.2. The van der Waals surface area contributed by atoms with E-state index < -0.39 is 0 Å². The number of hydrogen-bond donors (Lipinski definition) is 2. The van der Waals surface area contributed by atoms with Gasteiger partial charge < -0.3 is 4.98 Å². The summed E-state index contributed by atoms with van der Waals surface area (Å²) in [4.78, 5) is 28.7. The van der Waals surface area contributed by atoms with Crippen molar-refractivity contribution in [3.63, 3.8) is 0 Å². The zero-order chi connectivity index (χ0) is 26.6. The van der Waals surface area contributed by atoms with Gasteiger partial charge >= 0.3 is 0 Å². The molecule has 0 bridgehead atoms. The fraction of sp³-hybridized carbons (Fsp3) is 0.219. The summed E-state index contributed by atoms with van der Waals surface area (Å²) in [5, 5.41) is 1.52. The van der Waals surface area contributed by atoms with E-state index in [9.17, 15) is 4.79 Å². The number of nitrogens with zero attached hydrogens (tertiary/aromatic N) is 4. The largest absolute Gasteiger partial charge is 0.341 e. The van der Waals surface area contributed by atoms with Crippen LogP contribution in [-0.2, 0) is 19.5 Å². The van der Waals surface area contributed by atoms with Crippen molar-refractivity contribution >= 4 is 22.6 Å². The second kappa shape index (κ2) is 11.1. The molecule has 7 nitrogen and oxygen atoms in total. The van der Waals surface area contributed by atoms with Gasteiger partial charge in [-0.2, -0.15) is 0 Å². The van der Waals surface area contributed by atoms with E-state index in [1.807, 2.05) is 72.9 Å². The summed E-state index contributed by atoms with van der Waals surface area (Å²) in [5.41, 5.74) is 10.3. The SMILES string of the molecule is CN(Nc1ccccc1)C(=O)c1ccc(CN(Cc2nc3ccccc3[nH]2)C2CCCc3cccnc32)cc1. The number of H-pyrrole nitrogens is 1. The van der Waals surface area contributed by atoms with Crippen molar-refractivity contribution in [2.75, 3.05) is 12.5 Å². The van der Waals surface area contributed by atoms with Gasteiger partial charge in [-0.25, -0.2) is 4.98 Å². The minimum atomic E-state index is -0.0880. The van der Waals surface area contributed by atoms with Crippen molar-refractivity contribution in [3.8, 4) is 0 Å². The number of rotatable bonds is 8. The van der Waals surface area contributed by atoms with Gasteiger partial charge in [0, 0.05) is 25.4 Å². The molecule has 2 heterocycles. The third kappa shape index (κ3) is 5.54. The van der Waals surface area contributed by atoms with E-state index in [4.69, 9.17) is 9.97 Å². The predicted octanol–water partition coefficient (Wildman–Crippen LogP) is 6.14. The maximum atomic E-state index is 13.0. The topological polar surface area (TPSA) is 77.2 Å². The Kier molecular flexibility index (Phi) is 7.06. The Morgan fingerprint density at radius 1 is 0.949 bits per heavy atom. The molecule has 0 saturated carbocycles. The van der Waals surface area contributed by atoms with Crippen molar-refractivity contribution in [3.05, 3.63) is 125 Å². The number of fused-ring (bicyclic) bond motifs is 2. The third-order valence-electron chi connectivity index (χ3n) is 7.36. The van der Waals surface area contributed by atoms with Crippen LogP contribution in [0.1, 0.15) is 51.9 Å². The van der Waals surface area contributed by atoms with Crippen molar-refractivity contribution < 1.29 is 4.79 Å². The average Bonchev–Trinajstić information content (AvgIpc) is 3.39. The standard InChI is InChI=1S/C32H32N6O/c1-37(36-26-11-3-2-4-12-26)32(39)25-18-16-23(17-19-25)21-38(22-30-34-27-13-5-6-14-28(27)35-30)29-15-7-9-24-10-8-20-33-31(24)29/h2-6,8,10-14,16-20,29,36H,7,9,15,21-22H2,1H3,(H,34,35). The summed E-state index contributed by atoms with van der Waals surface area (Å²) in [5.74, 6) is 0.856. The van der Waals surface area contributed by atoms with Crippen LogP contribution in [0.3, 0.4) is 0 Å². The van der Waals surface area contributed by atoms with Gasteiger partial charge in [0.1, 0.15) is 5.82 Å². The molecule has 1 amide bonds. The van der Waals surface area contributed by atoms with Gasteiger partial charge in [-0.05, 0) is 72.9 Å². The van der Waals surface area contributed by atoms with Crippen LogP contribution in [0.2, 0.25) is 0 Å². The molecular weight excluding hydrogens is 484 g/mol. The summed E-state index contributed by atoms with van der Waals surface area (Å²) in [7, 11) is 1.74. The fourth-order valence-electron chi connectivity index (χ4n) is 5.43. The molecule has 2 aromatic heterocycles. The number of aryl methyl sites for hydroxylation is 1. The first kappa shape index (κ1) is 24.8. The molecule has 6 rings (SSSR count). The number of aromatic nitrogens is 3. The van der Waals surface area contributed by atoms with Crippen molar-refractivity contribution in [2.24, 2.45) is 0 Å². The molecule has 5 aromatic rings. The molecule has 3 aromatic carbocycles. The number of aromatic amines is 1. The lowest BCUT2D eigenvalue weighted by Gasteiger charge is -2.34. The van der Waals surface area contributed by atoms with Gasteiger partial charge in [0.2, 0.25) is 0 Å². The molecule has 7 heteroatoms. The number of hydrogen-bond acceptors (Lipinski definition) is 5. The fourth-order valence-corrected chi connectivity index (χ4v) is 5.43. The maximum Gasteiger partial charge on any atom is 0.271 e. The van der Waals surface area contributed by atoms with Crippen LogP contribution < -0.4 is 5.43 Å². The molecule has 39 heavy (non-hydrogen) atoms. The van der Waals surface area contributed by atoms with Crippen LogP contribution in [0.15, 0.2) is 97.2 Å². The molecule has 1 aliphatic rings. The highest BCUT2D eigenvalue weighted by molar-refractivity contribution is 5.94. The number of nitrogens with one attached hydrogen (secondary N) is 2. The molecule has 1 atom stereocenters. The van der Waals surface area contributed by atoms with Gasteiger partial charge in [-0.1, -0.05) is 48.5 Å². The van der Waals surface area contributed by atoms with E-state index in [0.717, 1.165) is 53.9 Å². The van der Waals surface area contributed by atoms with E-state index in [0.29, 0.717) is 12.1 Å². The first-order chi connectivity index (χ1) is 19.1. The second-order valence-electron chi connectivity index (χ2n) is 10.1. The number of pyridine rings is 1. The van der Waals surface area contributed by atoms with Crippen LogP contribution in [0.4, 0.5) is 5.69 Å². The first-order valence-corrected chi connectivity index (χ1v) is 13.4. The predicted molar refractivity (Wildman–Crippen MR) is 154 cm³/mol. The Balaban J connectivity index is 1.23. The number of amides is 1. The van der Waals surface area contributed by atoms with Crippen LogP contribution in [0.5, 0.6) is 0 Å². The number of carbonyl (C=O) groups is 1. The number of para-hydroxylation sites is 3.